The average Bonchev–Trinajstić information content (AvgIpc) is 2.51. The predicted molar refractivity (Wildman–Crippen MR) is 91.7 cm³/mol. The van der Waals surface area contributed by atoms with Gasteiger partial charge in [0.2, 0.25) is 11.8 Å². The summed E-state index contributed by atoms with van der Waals surface area (Å²) in [5.74, 6) is -1.18. The van der Waals surface area contributed by atoms with Crippen LogP contribution in [0.15, 0.2) is 28.7 Å². The Morgan fingerprint density at radius 3 is 2.35 bits per heavy atom. The zero-order valence-electron chi connectivity index (χ0n) is 13.1. The lowest BCUT2D eigenvalue weighted by atomic mass is 9.98. The van der Waals surface area contributed by atoms with Gasteiger partial charge in [-0.25, -0.2) is 4.79 Å². The van der Waals surface area contributed by atoms with Crippen LogP contribution in [0.25, 0.3) is 0 Å². The summed E-state index contributed by atoms with van der Waals surface area (Å²) in [4.78, 5) is 34.9. The molecule has 5 N–H and O–H groups in total. The molecule has 0 aliphatic rings. The average molecular weight is 385 g/mol. The van der Waals surface area contributed by atoms with Crippen LogP contribution in [-0.4, -0.2) is 30.4 Å². The normalized spacial score (nSPS) is 12.8. The molecule has 0 saturated heterocycles. The molecule has 4 amide bonds. The van der Waals surface area contributed by atoms with Crippen molar-refractivity contribution in [3.05, 3.63) is 28.7 Å². The molecule has 0 aromatic heterocycles. The van der Waals surface area contributed by atoms with E-state index in [1.165, 1.54) is 0 Å². The van der Waals surface area contributed by atoms with Crippen molar-refractivity contribution in [1.29, 1.82) is 0 Å². The first-order valence-electron chi connectivity index (χ1n) is 7.22. The van der Waals surface area contributed by atoms with Gasteiger partial charge in [-0.1, -0.05) is 36.2 Å². The molecule has 0 fully saturated rings. The number of hydrogen-bond acceptors (Lipinski definition) is 3. The molecule has 0 aliphatic heterocycles. The lowest BCUT2D eigenvalue weighted by Gasteiger charge is -2.23. The first-order valence-corrected chi connectivity index (χ1v) is 8.01. The number of carbonyl (C=O) groups excluding carboxylic acids is 3. The van der Waals surface area contributed by atoms with Crippen molar-refractivity contribution in [1.82, 2.24) is 10.6 Å². The van der Waals surface area contributed by atoms with E-state index in [0.29, 0.717) is 12.1 Å². The Labute approximate surface area is 143 Å². The molecule has 2 atom stereocenters. The Hall–Kier alpha value is -2.09. The Bertz CT molecular complexity index is 562. The van der Waals surface area contributed by atoms with E-state index in [1.54, 1.807) is 24.3 Å². The summed E-state index contributed by atoms with van der Waals surface area (Å²) in [6.45, 7) is 3.49. The van der Waals surface area contributed by atoms with Gasteiger partial charge in [-0.05, 0) is 30.2 Å². The second kappa shape index (κ2) is 9.14. The quantitative estimate of drug-likeness (QED) is 0.572. The van der Waals surface area contributed by atoms with Crippen LogP contribution in [0.4, 0.5) is 10.5 Å². The van der Waals surface area contributed by atoms with Gasteiger partial charge in [0.1, 0.15) is 6.04 Å². The van der Waals surface area contributed by atoms with Gasteiger partial charge in [0.05, 0.1) is 6.54 Å². The van der Waals surface area contributed by atoms with Gasteiger partial charge in [-0.3, -0.25) is 9.59 Å². The van der Waals surface area contributed by atoms with Gasteiger partial charge in [-0.2, -0.15) is 0 Å². The van der Waals surface area contributed by atoms with Crippen molar-refractivity contribution < 1.29 is 14.4 Å². The summed E-state index contributed by atoms with van der Waals surface area (Å²) in [5, 5.41) is 7.70. The summed E-state index contributed by atoms with van der Waals surface area (Å²) in [6, 6.07) is 5.80. The van der Waals surface area contributed by atoms with Gasteiger partial charge in [0.15, 0.2) is 0 Å². The molecule has 1 aromatic rings. The molecule has 126 valence electrons. The first-order chi connectivity index (χ1) is 10.8. The number of primary amides is 1. The molecule has 0 aliphatic carbocycles. The number of amides is 4. The molecule has 1 rings (SSSR count). The number of rotatable bonds is 7. The van der Waals surface area contributed by atoms with Crippen LogP contribution in [0.1, 0.15) is 20.3 Å². The summed E-state index contributed by atoms with van der Waals surface area (Å²) >= 11 is 3.31. The van der Waals surface area contributed by atoms with E-state index in [-0.39, 0.29) is 12.5 Å². The van der Waals surface area contributed by atoms with Crippen molar-refractivity contribution in [3.8, 4) is 0 Å². The van der Waals surface area contributed by atoms with E-state index < -0.39 is 23.9 Å². The summed E-state index contributed by atoms with van der Waals surface area (Å²) in [6.07, 6.45) is 0.688. The molecular weight excluding hydrogens is 364 g/mol. The molecular formula is C15H21BrN4O3. The van der Waals surface area contributed by atoms with Gasteiger partial charge >= 0.3 is 6.03 Å². The van der Waals surface area contributed by atoms with E-state index in [1.807, 2.05) is 13.8 Å². The van der Waals surface area contributed by atoms with Crippen molar-refractivity contribution in [3.63, 3.8) is 0 Å². The zero-order valence-corrected chi connectivity index (χ0v) is 14.6. The second-order valence-corrected chi connectivity index (χ2v) is 6.07. The number of nitrogens with two attached hydrogens (primary N) is 1. The number of halogens is 1. The van der Waals surface area contributed by atoms with Gasteiger partial charge in [0.25, 0.3) is 0 Å². The maximum atomic E-state index is 12.1. The SMILES string of the molecule is CC[C@H](C)[C@H](NC(=O)Nc1ccc(Br)cc1)C(=O)NCC(N)=O. The number of urea groups is 1. The number of hydrogen-bond donors (Lipinski definition) is 4. The molecule has 0 saturated carbocycles. The summed E-state index contributed by atoms with van der Waals surface area (Å²) in [7, 11) is 0. The monoisotopic (exact) mass is 384 g/mol. The van der Waals surface area contributed by atoms with Crippen LogP contribution in [0.5, 0.6) is 0 Å². The lowest BCUT2D eigenvalue weighted by molar-refractivity contribution is -0.126. The third-order valence-corrected chi connectivity index (χ3v) is 3.85. The highest BCUT2D eigenvalue weighted by molar-refractivity contribution is 9.10. The van der Waals surface area contributed by atoms with E-state index in [2.05, 4.69) is 31.9 Å². The van der Waals surface area contributed by atoms with Gasteiger partial charge < -0.3 is 21.7 Å². The van der Waals surface area contributed by atoms with Crippen LogP contribution in [-0.2, 0) is 9.59 Å². The number of anilines is 1. The standard InChI is InChI=1S/C15H21BrN4O3/c1-3-9(2)13(14(22)18-8-12(17)21)20-15(23)19-11-6-4-10(16)5-7-11/h4-7,9,13H,3,8H2,1-2H3,(H2,17,21)(H,18,22)(H2,19,20,23)/t9-,13-/m0/s1. The fraction of sp³-hybridized carbons (Fsp3) is 0.400. The highest BCUT2D eigenvalue weighted by atomic mass is 79.9. The van der Waals surface area contributed by atoms with Crippen molar-refractivity contribution >= 4 is 39.5 Å². The Morgan fingerprint density at radius 1 is 1.22 bits per heavy atom. The van der Waals surface area contributed by atoms with E-state index in [0.717, 1.165) is 4.47 Å². The molecule has 8 heteroatoms. The molecule has 0 bridgehead atoms. The molecule has 0 spiro atoms. The van der Waals surface area contributed by atoms with E-state index in [4.69, 9.17) is 5.73 Å². The van der Waals surface area contributed by atoms with Crippen LogP contribution in [0.2, 0.25) is 0 Å². The first kappa shape index (κ1) is 19.0. The maximum absolute atomic E-state index is 12.1. The van der Waals surface area contributed by atoms with E-state index >= 15 is 0 Å². The number of carbonyl (C=O) groups is 3. The Morgan fingerprint density at radius 2 is 1.83 bits per heavy atom. The second-order valence-electron chi connectivity index (χ2n) is 5.15. The summed E-state index contributed by atoms with van der Waals surface area (Å²) < 4.78 is 0.895. The minimum atomic E-state index is -0.755. The van der Waals surface area contributed by atoms with Crippen molar-refractivity contribution in [2.24, 2.45) is 11.7 Å². The van der Waals surface area contributed by atoms with Crippen LogP contribution >= 0.6 is 15.9 Å². The van der Waals surface area contributed by atoms with Crippen LogP contribution < -0.4 is 21.7 Å². The van der Waals surface area contributed by atoms with Crippen molar-refractivity contribution in [2.45, 2.75) is 26.3 Å². The Kier molecular flexibility index (Phi) is 7.53. The molecule has 0 heterocycles. The van der Waals surface area contributed by atoms with Crippen LogP contribution in [0.3, 0.4) is 0 Å². The van der Waals surface area contributed by atoms with E-state index in [9.17, 15) is 14.4 Å². The van der Waals surface area contributed by atoms with Crippen LogP contribution in [0, 0.1) is 5.92 Å². The highest BCUT2D eigenvalue weighted by Crippen LogP contribution is 2.14. The largest absolute Gasteiger partial charge is 0.368 e. The fourth-order valence-electron chi connectivity index (χ4n) is 1.83. The smallest absolute Gasteiger partial charge is 0.319 e. The molecule has 0 radical (unpaired) electrons. The lowest BCUT2D eigenvalue weighted by Crippen LogP contribution is -2.52. The molecule has 23 heavy (non-hydrogen) atoms. The van der Waals surface area contributed by atoms with Gasteiger partial charge in [-0.15, -0.1) is 0 Å². The minimum absolute atomic E-state index is 0.0986. The third kappa shape index (κ3) is 6.68. The fourth-order valence-corrected chi connectivity index (χ4v) is 2.09. The Balaban J connectivity index is 2.68. The number of benzene rings is 1. The third-order valence-electron chi connectivity index (χ3n) is 3.32. The zero-order chi connectivity index (χ0) is 17.4. The van der Waals surface area contributed by atoms with Crippen molar-refractivity contribution in [2.75, 3.05) is 11.9 Å². The maximum Gasteiger partial charge on any atom is 0.319 e. The predicted octanol–water partition coefficient (Wildman–Crippen LogP) is 1.59. The molecule has 0 unspecified atom stereocenters. The number of nitrogens with one attached hydrogen (secondary N) is 3. The minimum Gasteiger partial charge on any atom is -0.368 e. The topological polar surface area (TPSA) is 113 Å². The molecule has 1 aromatic carbocycles. The highest BCUT2D eigenvalue weighted by Gasteiger charge is 2.26. The molecule has 7 nitrogen and oxygen atoms in total. The summed E-state index contributed by atoms with van der Waals surface area (Å²) in [5.41, 5.74) is 5.61. The van der Waals surface area contributed by atoms with Gasteiger partial charge in [0, 0.05) is 10.2 Å².